The third kappa shape index (κ3) is 6.57. The van der Waals surface area contributed by atoms with Crippen LogP contribution in [0.2, 0.25) is 5.02 Å². The highest BCUT2D eigenvalue weighted by molar-refractivity contribution is 7.99. The molecule has 2 aromatic carbocycles. The third-order valence-corrected chi connectivity index (χ3v) is 4.67. The Bertz CT molecular complexity index is 758. The number of primary amides is 1. The molecule has 2 aromatic rings. The summed E-state index contributed by atoms with van der Waals surface area (Å²) in [7, 11) is 0. The average molecular weight is 397 g/mol. The zero-order valence-corrected chi connectivity index (χ0v) is 15.4. The Morgan fingerprint density at radius 1 is 1.19 bits per heavy atom. The van der Waals surface area contributed by atoms with E-state index < -0.39 is 18.0 Å². The van der Waals surface area contributed by atoms with Gasteiger partial charge in [-0.3, -0.25) is 4.79 Å². The molecule has 0 saturated heterocycles. The van der Waals surface area contributed by atoms with Gasteiger partial charge < -0.3 is 15.8 Å². The molecule has 138 valence electrons. The number of carbonyl (C=O) groups is 2. The topological polar surface area (TPSA) is 81.4 Å². The van der Waals surface area contributed by atoms with Gasteiger partial charge in [-0.1, -0.05) is 35.9 Å². The van der Waals surface area contributed by atoms with E-state index in [2.05, 4.69) is 5.32 Å². The van der Waals surface area contributed by atoms with Crippen molar-refractivity contribution in [2.75, 3.05) is 12.4 Å². The molecule has 0 fully saturated rings. The third-order valence-electron chi connectivity index (χ3n) is 3.40. The normalized spacial score (nSPS) is 11.6. The first-order valence-electron chi connectivity index (χ1n) is 7.80. The van der Waals surface area contributed by atoms with Gasteiger partial charge in [-0.2, -0.15) is 0 Å². The maximum Gasteiger partial charge on any atom is 0.312 e. The van der Waals surface area contributed by atoms with Crippen LogP contribution in [0.4, 0.5) is 9.18 Å². The van der Waals surface area contributed by atoms with Crippen LogP contribution in [0.3, 0.4) is 0 Å². The van der Waals surface area contributed by atoms with Crippen molar-refractivity contribution < 1.29 is 18.7 Å². The van der Waals surface area contributed by atoms with Gasteiger partial charge in [0.15, 0.2) is 0 Å². The summed E-state index contributed by atoms with van der Waals surface area (Å²) >= 11 is 7.10. The molecule has 26 heavy (non-hydrogen) atoms. The van der Waals surface area contributed by atoms with Gasteiger partial charge in [-0.05, 0) is 29.8 Å². The van der Waals surface area contributed by atoms with E-state index in [1.54, 1.807) is 42.5 Å². The van der Waals surface area contributed by atoms with Gasteiger partial charge in [0.05, 0.1) is 12.5 Å². The summed E-state index contributed by atoms with van der Waals surface area (Å²) in [6.07, 6.45) is -0.0745. The van der Waals surface area contributed by atoms with Crippen LogP contribution in [0.15, 0.2) is 53.4 Å². The van der Waals surface area contributed by atoms with Crippen molar-refractivity contribution in [3.63, 3.8) is 0 Å². The summed E-state index contributed by atoms with van der Waals surface area (Å²) < 4.78 is 18.7. The minimum absolute atomic E-state index is 0.0745. The minimum Gasteiger partial charge on any atom is -0.465 e. The molecule has 0 bridgehead atoms. The Labute approximate surface area is 160 Å². The van der Waals surface area contributed by atoms with E-state index in [0.29, 0.717) is 21.2 Å². The van der Waals surface area contributed by atoms with Crippen LogP contribution in [-0.4, -0.2) is 24.4 Å². The fourth-order valence-electron chi connectivity index (χ4n) is 2.21. The maximum absolute atomic E-state index is 13.5. The maximum atomic E-state index is 13.5. The number of hydrogen-bond donors (Lipinski definition) is 2. The summed E-state index contributed by atoms with van der Waals surface area (Å²) in [6, 6.07) is 11.7. The van der Waals surface area contributed by atoms with Crippen molar-refractivity contribution in [2.24, 2.45) is 5.73 Å². The van der Waals surface area contributed by atoms with Crippen molar-refractivity contribution in [3.05, 3.63) is 64.9 Å². The van der Waals surface area contributed by atoms with Crippen molar-refractivity contribution in [1.82, 2.24) is 5.32 Å². The lowest BCUT2D eigenvalue weighted by atomic mass is 10.0. The molecule has 0 saturated carbocycles. The zero-order valence-electron chi connectivity index (χ0n) is 13.8. The van der Waals surface area contributed by atoms with Crippen molar-refractivity contribution in [2.45, 2.75) is 17.4 Å². The largest absolute Gasteiger partial charge is 0.465 e. The number of hydrogen-bond acceptors (Lipinski definition) is 4. The average Bonchev–Trinajstić information content (AvgIpc) is 2.60. The van der Waals surface area contributed by atoms with Gasteiger partial charge in [0.1, 0.15) is 12.4 Å². The summed E-state index contributed by atoms with van der Waals surface area (Å²) in [5.41, 5.74) is 5.86. The Balaban J connectivity index is 1.84. The number of carbonyl (C=O) groups excluding carboxylic acids is 2. The number of nitrogens with one attached hydrogen (secondary N) is 1. The van der Waals surface area contributed by atoms with Crippen molar-refractivity contribution >= 4 is 35.4 Å². The van der Waals surface area contributed by atoms with Crippen LogP contribution in [0.25, 0.3) is 0 Å². The molecule has 1 unspecified atom stereocenters. The van der Waals surface area contributed by atoms with Gasteiger partial charge in [-0.15, -0.1) is 11.8 Å². The SMILES string of the molecule is NC(=O)NC(CC(=O)OCCSc1ccccc1F)c1ccc(Cl)cc1. The van der Waals surface area contributed by atoms with Crippen LogP contribution in [0.1, 0.15) is 18.0 Å². The van der Waals surface area contributed by atoms with E-state index in [9.17, 15) is 14.0 Å². The second-order valence-corrected chi connectivity index (χ2v) is 6.89. The number of halogens is 2. The Kier molecular flexibility index (Phi) is 7.74. The first-order chi connectivity index (χ1) is 12.5. The molecule has 0 aliphatic carbocycles. The van der Waals surface area contributed by atoms with Gasteiger partial charge >= 0.3 is 12.0 Å². The van der Waals surface area contributed by atoms with Gasteiger partial charge in [0, 0.05) is 15.7 Å². The lowest BCUT2D eigenvalue weighted by molar-refractivity contribution is -0.143. The summed E-state index contributed by atoms with van der Waals surface area (Å²) in [5.74, 6) is -0.383. The molecule has 1 atom stereocenters. The lowest BCUT2D eigenvalue weighted by Crippen LogP contribution is -2.34. The number of nitrogens with two attached hydrogens (primary N) is 1. The molecule has 0 heterocycles. The second-order valence-electron chi connectivity index (χ2n) is 5.32. The quantitative estimate of drug-likeness (QED) is 0.402. The first-order valence-corrected chi connectivity index (χ1v) is 9.16. The number of rotatable bonds is 8. The molecular formula is C18H18ClFN2O3S. The molecule has 2 rings (SSSR count). The van der Waals surface area contributed by atoms with Gasteiger partial charge in [-0.25, -0.2) is 9.18 Å². The second kappa shape index (κ2) is 10.0. The Hall–Kier alpha value is -2.25. The molecule has 0 aliphatic rings. The number of amides is 2. The molecular weight excluding hydrogens is 379 g/mol. The smallest absolute Gasteiger partial charge is 0.312 e. The monoisotopic (exact) mass is 396 g/mol. The molecule has 5 nitrogen and oxygen atoms in total. The van der Waals surface area contributed by atoms with E-state index in [1.165, 1.54) is 17.8 Å². The number of esters is 1. The van der Waals surface area contributed by atoms with E-state index in [1.807, 2.05) is 0 Å². The summed E-state index contributed by atoms with van der Waals surface area (Å²) in [6.45, 7) is 0.127. The first kappa shape index (κ1) is 20.1. The van der Waals surface area contributed by atoms with Crippen LogP contribution in [0.5, 0.6) is 0 Å². The van der Waals surface area contributed by atoms with Crippen LogP contribution < -0.4 is 11.1 Å². The molecule has 0 aromatic heterocycles. The van der Waals surface area contributed by atoms with Crippen molar-refractivity contribution in [3.8, 4) is 0 Å². The van der Waals surface area contributed by atoms with E-state index >= 15 is 0 Å². The molecule has 8 heteroatoms. The number of thioether (sulfide) groups is 1. The Morgan fingerprint density at radius 2 is 1.88 bits per heavy atom. The van der Waals surface area contributed by atoms with Crippen molar-refractivity contribution in [1.29, 1.82) is 0 Å². The zero-order chi connectivity index (χ0) is 18.9. The number of urea groups is 1. The molecule has 3 N–H and O–H groups in total. The standard InChI is InChI=1S/C18H18ClFN2O3S/c19-13-7-5-12(6-8-13)15(22-18(21)24)11-17(23)25-9-10-26-16-4-2-1-3-14(16)20/h1-8,15H,9-11H2,(H3,21,22,24). The highest BCUT2D eigenvalue weighted by atomic mass is 35.5. The van der Waals surface area contributed by atoms with Crippen LogP contribution >= 0.6 is 23.4 Å². The highest BCUT2D eigenvalue weighted by Crippen LogP contribution is 2.22. The number of ether oxygens (including phenoxy) is 1. The fraction of sp³-hybridized carbons (Fsp3) is 0.222. The molecule has 0 radical (unpaired) electrons. The van der Waals surface area contributed by atoms with E-state index in [0.717, 1.165) is 0 Å². The minimum atomic E-state index is -0.743. The number of benzene rings is 2. The van der Waals surface area contributed by atoms with E-state index in [-0.39, 0.29) is 18.8 Å². The summed E-state index contributed by atoms with van der Waals surface area (Å²) in [4.78, 5) is 23.7. The van der Waals surface area contributed by atoms with Crippen LogP contribution in [0, 0.1) is 5.82 Å². The van der Waals surface area contributed by atoms with E-state index in [4.69, 9.17) is 22.1 Å². The molecule has 0 aliphatic heterocycles. The highest BCUT2D eigenvalue weighted by Gasteiger charge is 2.18. The lowest BCUT2D eigenvalue weighted by Gasteiger charge is -2.17. The Morgan fingerprint density at radius 3 is 2.54 bits per heavy atom. The van der Waals surface area contributed by atoms with Gasteiger partial charge in [0.2, 0.25) is 0 Å². The fourth-order valence-corrected chi connectivity index (χ4v) is 3.11. The molecule has 0 spiro atoms. The summed E-state index contributed by atoms with van der Waals surface area (Å²) in [5, 5.41) is 3.05. The van der Waals surface area contributed by atoms with Crippen LogP contribution in [-0.2, 0) is 9.53 Å². The van der Waals surface area contributed by atoms with Gasteiger partial charge in [0.25, 0.3) is 0 Å². The molecule has 2 amide bonds. The predicted molar refractivity (Wildman–Crippen MR) is 99.6 cm³/mol. The predicted octanol–water partition coefficient (Wildman–Crippen LogP) is 3.91.